The van der Waals surface area contributed by atoms with Crippen LogP contribution in [0.15, 0.2) is 18.2 Å². The number of hydrogen-bond donors (Lipinski definition) is 0. The van der Waals surface area contributed by atoms with Crippen molar-refractivity contribution < 1.29 is 4.39 Å². The Morgan fingerprint density at radius 1 is 0.913 bits per heavy atom. The van der Waals surface area contributed by atoms with E-state index in [-0.39, 0.29) is 5.82 Å². The number of aryl methyl sites for hydroxylation is 1. The molecule has 1 aromatic rings. The second-order valence-electron chi connectivity index (χ2n) is 8.05. The highest BCUT2D eigenvalue weighted by Crippen LogP contribution is 2.40. The zero-order valence-electron chi connectivity index (χ0n) is 14.8. The van der Waals surface area contributed by atoms with E-state index in [1.807, 2.05) is 6.07 Å². The quantitative estimate of drug-likeness (QED) is 0.512. The summed E-state index contributed by atoms with van der Waals surface area (Å²) in [5.74, 6) is 2.73. The van der Waals surface area contributed by atoms with Gasteiger partial charge in [-0.1, -0.05) is 57.9 Å². The number of benzene rings is 1. The Morgan fingerprint density at radius 3 is 2.52 bits per heavy atom. The highest BCUT2D eigenvalue weighted by Gasteiger charge is 2.30. The summed E-state index contributed by atoms with van der Waals surface area (Å²) in [6.45, 7) is 2.29. The van der Waals surface area contributed by atoms with Crippen molar-refractivity contribution in [2.75, 3.05) is 0 Å². The highest BCUT2D eigenvalue weighted by atomic mass is 19.1. The van der Waals surface area contributed by atoms with Gasteiger partial charge in [0.2, 0.25) is 0 Å². The van der Waals surface area contributed by atoms with Gasteiger partial charge in [0.05, 0.1) is 0 Å². The molecule has 0 spiro atoms. The van der Waals surface area contributed by atoms with Crippen LogP contribution >= 0.6 is 0 Å². The lowest BCUT2D eigenvalue weighted by Crippen LogP contribution is -2.26. The molecule has 2 aliphatic carbocycles. The fourth-order valence-corrected chi connectivity index (χ4v) is 4.96. The van der Waals surface area contributed by atoms with E-state index in [2.05, 4.69) is 6.92 Å². The van der Waals surface area contributed by atoms with Crippen LogP contribution in [-0.2, 0) is 12.8 Å². The molecule has 1 heteroatoms. The van der Waals surface area contributed by atoms with Crippen molar-refractivity contribution in [1.29, 1.82) is 0 Å². The summed E-state index contributed by atoms with van der Waals surface area (Å²) < 4.78 is 13.3. The molecular formula is C22H33F. The van der Waals surface area contributed by atoms with Gasteiger partial charge in [-0.2, -0.15) is 0 Å². The van der Waals surface area contributed by atoms with Crippen LogP contribution in [-0.4, -0.2) is 0 Å². The Morgan fingerprint density at radius 2 is 1.74 bits per heavy atom. The first kappa shape index (κ1) is 17.0. The summed E-state index contributed by atoms with van der Waals surface area (Å²) in [6, 6.07) is 5.45. The number of rotatable bonds is 6. The number of unbranched alkanes of at least 4 members (excludes halogenated alkanes) is 3. The monoisotopic (exact) mass is 316 g/mol. The fraction of sp³-hybridized carbons (Fsp3) is 0.727. The van der Waals surface area contributed by atoms with E-state index < -0.39 is 0 Å². The Balaban J connectivity index is 1.44. The molecule has 0 saturated heterocycles. The normalized spacial score (nSPS) is 27.7. The van der Waals surface area contributed by atoms with E-state index >= 15 is 0 Å². The van der Waals surface area contributed by atoms with Gasteiger partial charge in [0, 0.05) is 0 Å². The predicted molar refractivity (Wildman–Crippen MR) is 96.1 cm³/mol. The van der Waals surface area contributed by atoms with Crippen LogP contribution in [0.2, 0.25) is 0 Å². The molecule has 1 fully saturated rings. The maximum absolute atomic E-state index is 13.3. The van der Waals surface area contributed by atoms with E-state index in [0.29, 0.717) is 0 Å². The Kier molecular flexibility index (Phi) is 6.14. The first-order valence-corrected chi connectivity index (χ1v) is 10.0. The molecule has 1 aromatic carbocycles. The molecule has 0 nitrogen and oxygen atoms in total. The van der Waals surface area contributed by atoms with Crippen LogP contribution in [0.3, 0.4) is 0 Å². The Labute approximate surface area is 141 Å². The average molecular weight is 317 g/mol. The molecular weight excluding hydrogens is 283 g/mol. The maximum atomic E-state index is 13.3. The maximum Gasteiger partial charge on any atom is 0.123 e. The van der Waals surface area contributed by atoms with Gasteiger partial charge >= 0.3 is 0 Å². The van der Waals surface area contributed by atoms with E-state index in [1.54, 1.807) is 12.1 Å². The van der Waals surface area contributed by atoms with Gasteiger partial charge in [-0.15, -0.1) is 0 Å². The molecule has 0 heterocycles. The zero-order valence-corrected chi connectivity index (χ0v) is 14.8. The molecule has 23 heavy (non-hydrogen) atoms. The third-order valence-corrected chi connectivity index (χ3v) is 6.46. The molecule has 1 saturated carbocycles. The van der Waals surface area contributed by atoms with E-state index in [0.717, 1.165) is 24.2 Å². The van der Waals surface area contributed by atoms with Gasteiger partial charge in [0.15, 0.2) is 0 Å². The van der Waals surface area contributed by atoms with Crippen LogP contribution in [0, 0.1) is 23.6 Å². The first-order chi connectivity index (χ1) is 11.3. The lowest BCUT2D eigenvalue weighted by atomic mass is 9.69. The molecule has 0 aromatic heterocycles. The summed E-state index contributed by atoms with van der Waals surface area (Å²) >= 11 is 0. The third kappa shape index (κ3) is 4.58. The molecule has 1 unspecified atom stereocenters. The largest absolute Gasteiger partial charge is 0.207 e. The van der Waals surface area contributed by atoms with Crippen molar-refractivity contribution in [2.24, 2.45) is 17.8 Å². The molecule has 0 bridgehead atoms. The molecule has 0 amide bonds. The number of fused-ring (bicyclic) bond motifs is 1. The van der Waals surface area contributed by atoms with Crippen LogP contribution in [0.25, 0.3) is 0 Å². The lowest BCUT2D eigenvalue weighted by molar-refractivity contribution is 0.182. The molecule has 0 radical (unpaired) electrons. The van der Waals surface area contributed by atoms with E-state index in [4.69, 9.17) is 0 Å². The van der Waals surface area contributed by atoms with Crippen molar-refractivity contribution in [3.8, 4) is 0 Å². The lowest BCUT2D eigenvalue weighted by Gasteiger charge is -2.36. The average Bonchev–Trinajstić information content (AvgIpc) is 2.59. The highest BCUT2D eigenvalue weighted by molar-refractivity contribution is 5.30. The third-order valence-electron chi connectivity index (χ3n) is 6.46. The molecule has 2 aliphatic rings. The van der Waals surface area contributed by atoms with Crippen molar-refractivity contribution in [3.05, 3.63) is 35.1 Å². The van der Waals surface area contributed by atoms with Crippen molar-refractivity contribution in [2.45, 2.75) is 84.0 Å². The van der Waals surface area contributed by atoms with Gasteiger partial charge in [-0.3, -0.25) is 0 Å². The SMILES string of the molecule is CCCCCCC1CCC(C2CCc3cc(F)ccc3C2)CC1. The van der Waals surface area contributed by atoms with Crippen molar-refractivity contribution >= 4 is 0 Å². The fourth-order valence-electron chi connectivity index (χ4n) is 4.96. The van der Waals surface area contributed by atoms with Crippen LogP contribution < -0.4 is 0 Å². The van der Waals surface area contributed by atoms with Crippen LogP contribution in [0.5, 0.6) is 0 Å². The van der Waals surface area contributed by atoms with Gasteiger partial charge in [-0.05, 0) is 73.1 Å². The molecule has 3 rings (SSSR count). The summed E-state index contributed by atoms with van der Waals surface area (Å²) in [4.78, 5) is 0. The van der Waals surface area contributed by atoms with Crippen LogP contribution in [0.1, 0.15) is 82.3 Å². The van der Waals surface area contributed by atoms with E-state index in [9.17, 15) is 4.39 Å². The molecule has 128 valence electrons. The zero-order chi connectivity index (χ0) is 16.1. The minimum absolute atomic E-state index is 0.0641. The number of halogens is 1. The first-order valence-electron chi connectivity index (χ1n) is 10.0. The van der Waals surface area contributed by atoms with Gasteiger partial charge in [0.25, 0.3) is 0 Å². The Bertz CT molecular complexity index is 485. The van der Waals surface area contributed by atoms with Gasteiger partial charge < -0.3 is 0 Å². The van der Waals surface area contributed by atoms with Gasteiger partial charge in [-0.25, -0.2) is 4.39 Å². The molecule has 0 aliphatic heterocycles. The predicted octanol–water partition coefficient (Wildman–Crippen LogP) is 6.71. The summed E-state index contributed by atoms with van der Waals surface area (Å²) in [5, 5.41) is 0. The molecule has 0 N–H and O–H groups in total. The van der Waals surface area contributed by atoms with Crippen molar-refractivity contribution in [3.63, 3.8) is 0 Å². The summed E-state index contributed by atoms with van der Waals surface area (Å²) in [5.41, 5.74) is 2.69. The van der Waals surface area contributed by atoms with Crippen LogP contribution in [0.4, 0.5) is 4.39 Å². The van der Waals surface area contributed by atoms with Gasteiger partial charge in [0.1, 0.15) is 5.82 Å². The van der Waals surface area contributed by atoms with Crippen molar-refractivity contribution in [1.82, 2.24) is 0 Å². The second-order valence-corrected chi connectivity index (χ2v) is 8.05. The Hall–Kier alpha value is -0.850. The summed E-state index contributed by atoms with van der Waals surface area (Å²) in [7, 11) is 0. The summed E-state index contributed by atoms with van der Waals surface area (Å²) in [6.07, 6.45) is 16.5. The van der Waals surface area contributed by atoms with E-state index in [1.165, 1.54) is 81.8 Å². The molecule has 1 atom stereocenters. The smallest absolute Gasteiger partial charge is 0.123 e. The number of hydrogen-bond acceptors (Lipinski definition) is 0. The minimum Gasteiger partial charge on any atom is -0.207 e. The standard InChI is InChI=1S/C22H33F/c1-2-3-4-5-6-17-7-9-18(10-8-17)19-11-12-21-16-22(23)14-13-20(21)15-19/h13-14,16-19H,2-12,15H2,1H3. The second kappa shape index (κ2) is 8.31. The minimum atomic E-state index is -0.0641. The topological polar surface area (TPSA) is 0 Å².